The lowest BCUT2D eigenvalue weighted by Gasteiger charge is -2.11. The summed E-state index contributed by atoms with van der Waals surface area (Å²) < 4.78 is 0. The molecule has 0 bridgehead atoms. The number of nitriles is 1. The highest BCUT2D eigenvalue weighted by atomic mass is 16.6. The average Bonchev–Trinajstić information content (AvgIpc) is 2.28. The van der Waals surface area contributed by atoms with Crippen molar-refractivity contribution in [3.8, 4) is 11.8 Å². The summed E-state index contributed by atoms with van der Waals surface area (Å²) in [5.74, 6) is -1.45. The molecule has 0 aliphatic heterocycles. The van der Waals surface area contributed by atoms with Gasteiger partial charge in [-0.15, -0.1) is 0 Å². The number of nitro groups is 1. The highest BCUT2D eigenvalue weighted by Crippen LogP contribution is 2.26. The summed E-state index contributed by atoms with van der Waals surface area (Å²) in [6.07, 6.45) is -3.25. The molecule has 0 amide bonds. The van der Waals surface area contributed by atoms with Gasteiger partial charge in [0.2, 0.25) is 5.75 Å². The number of aromatic nitrogens is 1. The normalized spacial score (nSPS) is 13.7. The summed E-state index contributed by atoms with van der Waals surface area (Å²) in [5, 5.41) is 46.8. The molecule has 1 aromatic rings. The number of hydrogen-bond acceptors (Lipinski definition) is 7. The topological polar surface area (TPSA) is 141 Å². The van der Waals surface area contributed by atoms with Gasteiger partial charge in [0.1, 0.15) is 12.2 Å². The predicted molar refractivity (Wildman–Crippen MR) is 53.8 cm³/mol. The minimum atomic E-state index is -1.52. The highest BCUT2D eigenvalue weighted by Gasteiger charge is 2.26. The van der Waals surface area contributed by atoms with E-state index in [0.29, 0.717) is 0 Å². The summed E-state index contributed by atoms with van der Waals surface area (Å²) in [5.41, 5.74) is -0.183. The zero-order chi connectivity index (χ0) is 13.0. The highest BCUT2D eigenvalue weighted by molar-refractivity contribution is 5.39. The van der Waals surface area contributed by atoms with Crippen molar-refractivity contribution in [3.05, 3.63) is 27.9 Å². The molecular formula is C9H9N3O5. The molecule has 8 heteroatoms. The fraction of sp³-hybridized carbons (Fsp3) is 0.333. The molecular weight excluding hydrogens is 230 g/mol. The second-order valence-electron chi connectivity index (χ2n) is 3.21. The largest absolute Gasteiger partial charge is 0.501 e. The van der Waals surface area contributed by atoms with Gasteiger partial charge in [0.15, 0.2) is 5.69 Å². The Hall–Kier alpha value is -2.24. The second kappa shape index (κ2) is 5.20. The molecule has 0 fully saturated rings. The van der Waals surface area contributed by atoms with E-state index in [1.165, 1.54) is 0 Å². The summed E-state index contributed by atoms with van der Waals surface area (Å²) in [6, 6.07) is 3.77. The first-order valence-electron chi connectivity index (χ1n) is 4.54. The standard InChI is InChI=1S/C9H9N3O5/c10-4-3-6(13)8(15)5-1-2-7(14)9(11-5)12(16)17/h1-2,6,8,13-15H,3H2. The Bertz CT molecular complexity index is 470. The fourth-order valence-electron chi connectivity index (χ4n) is 1.16. The Morgan fingerprint density at radius 1 is 1.53 bits per heavy atom. The molecule has 0 spiro atoms. The monoisotopic (exact) mass is 239 g/mol. The number of rotatable bonds is 4. The van der Waals surface area contributed by atoms with Gasteiger partial charge >= 0.3 is 5.82 Å². The number of aromatic hydroxyl groups is 1. The van der Waals surface area contributed by atoms with Crippen molar-refractivity contribution in [1.29, 1.82) is 5.26 Å². The van der Waals surface area contributed by atoms with Crippen LogP contribution in [0.5, 0.6) is 5.75 Å². The van der Waals surface area contributed by atoms with Crippen LogP contribution in [0.4, 0.5) is 5.82 Å². The Morgan fingerprint density at radius 3 is 2.71 bits per heavy atom. The van der Waals surface area contributed by atoms with E-state index in [1.807, 2.05) is 0 Å². The predicted octanol–water partition coefficient (Wildman–Crippen LogP) is 0.00338. The maximum Gasteiger partial charge on any atom is 0.406 e. The molecule has 17 heavy (non-hydrogen) atoms. The maximum absolute atomic E-state index is 10.5. The molecule has 0 saturated carbocycles. The number of nitrogens with zero attached hydrogens (tertiary/aromatic N) is 3. The molecule has 90 valence electrons. The van der Waals surface area contributed by atoms with Gasteiger partial charge in [-0.05, 0) is 22.0 Å². The molecule has 3 N–H and O–H groups in total. The van der Waals surface area contributed by atoms with Crippen LogP contribution in [0.2, 0.25) is 0 Å². The third kappa shape index (κ3) is 2.87. The van der Waals surface area contributed by atoms with Crippen molar-refractivity contribution < 1.29 is 20.2 Å². The minimum Gasteiger partial charge on any atom is -0.501 e. The molecule has 2 unspecified atom stereocenters. The number of aliphatic hydroxyl groups excluding tert-OH is 2. The molecule has 0 aliphatic carbocycles. The van der Waals surface area contributed by atoms with Crippen molar-refractivity contribution in [2.75, 3.05) is 0 Å². The van der Waals surface area contributed by atoms with E-state index in [2.05, 4.69) is 4.98 Å². The van der Waals surface area contributed by atoms with E-state index in [9.17, 15) is 20.3 Å². The van der Waals surface area contributed by atoms with Crippen LogP contribution in [0.3, 0.4) is 0 Å². The van der Waals surface area contributed by atoms with Crippen molar-refractivity contribution in [2.45, 2.75) is 18.6 Å². The van der Waals surface area contributed by atoms with Crippen molar-refractivity contribution in [1.82, 2.24) is 4.98 Å². The van der Waals surface area contributed by atoms with Crippen molar-refractivity contribution in [3.63, 3.8) is 0 Å². The fourth-order valence-corrected chi connectivity index (χ4v) is 1.16. The van der Waals surface area contributed by atoms with E-state index in [1.54, 1.807) is 6.07 Å². The first-order valence-corrected chi connectivity index (χ1v) is 4.54. The first-order chi connectivity index (χ1) is 7.97. The van der Waals surface area contributed by atoms with E-state index in [4.69, 9.17) is 10.4 Å². The molecule has 1 heterocycles. The Balaban J connectivity index is 3.04. The summed E-state index contributed by atoms with van der Waals surface area (Å²) in [4.78, 5) is 13.0. The van der Waals surface area contributed by atoms with Crippen LogP contribution in [0.15, 0.2) is 12.1 Å². The van der Waals surface area contributed by atoms with Crippen LogP contribution in [0.1, 0.15) is 18.2 Å². The van der Waals surface area contributed by atoms with Gasteiger partial charge in [0.05, 0.1) is 12.5 Å². The minimum absolute atomic E-state index is 0.183. The number of aliphatic hydroxyl groups is 2. The van der Waals surface area contributed by atoms with Gasteiger partial charge in [0.25, 0.3) is 0 Å². The van der Waals surface area contributed by atoms with Gasteiger partial charge in [-0.25, -0.2) is 0 Å². The number of hydrogen-bond donors (Lipinski definition) is 3. The van der Waals surface area contributed by atoms with Gasteiger partial charge in [-0.3, -0.25) is 0 Å². The smallest absolute Gasteiger partial charge is 0.406 e. The molecule has 0 radical (unpaired) electrons. The van der Waals surface area contributed by atoms with Crippen molar-refractivity contribution in [2.24, 2.45) is 0 Å². The SMILES string of the molecule is N#CCC(O)C(O)c1ccc(O)c([N+](=O)[O-])n1. The van der Waals surface area contributed by atoms with E-state index >= 15 is 0 Å². The van der Waals surface area contributed by atoms with Gasteiger partial charge < -0.3 is 25.4 Å². The quantitative estimate of drug-likeness (QED) is 0.496. The van der Waals surface area contributed by atoms with Gasteiger partial charge in [0, 0.05) is 0 Å². The average molecular weight is 239 g/mol. The number of pyridine rings is 1. The van der Waals surface area contributed by atoms with E-state index in [-0.39, 0.29) is 12.1 Å². The van der Waals surface area contributed by atoms with E-state index < -0.39 is 28.7 Å². The summed E-state index contributed by atoms with van der Waals surface area (Å²) in [6.45, 7) is 0. The first kappa shape index (κ1) is 12.8. The Kier molecular flexibility index (Phi) is 3.92. The van der Waals surface area contributed by atoms with Crippen LogP contribution in [0, 0.1) is 21.4 Å². The van der Waals surface area contributed by atoms with Crippen LogP contribution < -0.4 is 0 Å². The maximum atomic E-state index is 10.5. The Morgan fingerprint density at radius 2 is 2.18 bits per heavy atom. The molecule has 1 aromatic heterocycles. The summed E-state index contributed by atoms with van der Waals surface area (Å²) in [7, 11) is 0. The van der Waals surface area contributed by atoms with Crippen molar-refractivity contribution >= 4 is 5.82 Å². The van der Waals surface area contributed by atoms with Crippen LogP contribution in [-0.2, 0) is 0 Å². The zero-order valence-electron chi connectivity index (χ0n) is 8.52. The molecule has 0 saturated heterocycles. The second-order valence-corrected chi connectivity index (χ2v) is 3.21. The van der Waals surface area contributed by atoms with Crippen LogP contribution in [0.25, 0.3) is 0 Å². The third-order valence-electron chi connectivity index (χ3n) is 2.02. The molecule has 0 aromatic carbocycles. The lowest BCUT2D eigenvalue weighted by atomic mass is 10.1. The lowest BCUT2D eigenvalue weighted by Crippen LogP contribution is -2.18. The van der Waals surface area contributed by atoms with Crippen LogP contribution in [-0.4, -0.2) is 31.3 Å². The van der Waals surface area contributed by atoms with Crippen LogP contribution >= 0.6 is 0 Å². The molecule has 0 aliphatic rings. The Labute approximate surface area is 95.5 Å². The molecule has 2 atom stereocenters. The van der Waals surface area contributed by atoms with E-state index in [0.717, 1.165) is 12.1 Å². The zero-order valence-corrected chi connectivity index (χ0v) is 8.52. The molecule has 1 rings (SSSR count). The summed E-state index contributed by atoms with van der Waals surface area (Å²) >= 11 is 0. The van der Waals surface area contributed by atoms with Gasteiger partial charge in [-0.2, -0.15) is 5.26 Å². The van der Waals surface area contributed by atoms with Gasteiger partial charge in [-0.1, -0.05) is 0 Å². The molecule has 8 nitrogen and oxygen atoms in total. The third-order valence-corrected chi connectivity index (χ3v) is 2.02. The lowest BCUT2D eigenvalue weighted by molar-refractivity contribution is -0.390.